The van der Waals surface area contributed by atoms with Gasteiger partial charge >= 0.3 is 12.1 Å². The predicted molar refractivity (Wildman–Crippen MR) is 129 cm³/mol. The number of carboxylic acids is 1. The summed E-state index contributed by atoms with van der Waals surface area (Å²) in [4.78, 5) is 32.3. The van der Waals surface area contributed by atoms with Crippen LogP contribution in [-0.4, -0.2) is 45.7 Å². The summed E-state index contributed by atoms with van der Waals surface area (Å²) in [5.74, 6) is -1.86. The fraction of sp³-hybridized carbons (Fsp3) is 0.280. The summed E-state index contributed by atoms with van der Waals surface area (Å²) in [6, 6.07) is 12.1. The number of hydrogen-bond donors (Lipinski definition) is 3. The Bertz CT molecular complexity index is 1280. The van der Waals surface area contributed by atoms with Gasteiger partial charge in [0.2, 0.25) is 23.8 Å². The van der Waals surface area contributed by atoms with E-state index in [0.717, 1.165) is 0 Å². The molecule has 3 aromatic rings. The Kier molecular flexibility index (Phi) is 7.30. The monoisotopic (exact) mass is 515 g/mol. The molecule has 1 aliphatic heterocycles. The van der Waals surface area contributed by atoms with Crippen molar-refractivity contribution in [1.29, 1.82) is 0 Å². The quantitative estimate of drug-likeness (QED) is 0.414. The highest BCUT2D eigenvalue weighted by Gasteiger charge is 2.43. The van der Waals surface area contributed by atoms with E-state index in [2.05, 4.69) is 9.97 Å². The first kappa shape index (κ1) is 25.9. The number of carboxylic acid groups (broad SMARTS) is 1. The number of rotatable bonds is 8. The number of carbonyl (C=O) groups is 2. The van der Waals surface area contributed by atoms with Crippen molar-refractivity contribution in [3.8, 4) is 17.1 Å². The number of nitrogen functional groups attached to an aromatic ring is 1. The Balaban J connectivity index is 1.56. The lowest BCUT2D eigenvalue weighted by molar-refractivity contribution is -0.198. The number of benzene rings is 2. The van der Waals surface area contributed by atoms with Crippen LogP contribution in [0.2, 0.25) is 0 Å². The topological polar surface area (TPSA) is 145 Å². The second-order valence-corrected chi connectivity index (χ2v) is 8.58. The summed E-state index contributed by atoms with van der Waals surface area (Å²) < 4.78 is 47.2. The molecule has 1 amide bonds. The van der Waals surface area contributed by atoms with Crippen molar-refractivity contribution in [2.75, 3.05) is 17.2 Å². The fourth-order valence-electron chi connectivity index (χ4n) is 4.00. The van der Waals surface area contributed by atoms with Crippen LogP contribution in [0.1, 0.15) is 30.1 Å². The van der Waals surface area contributed by atoms with Gasteiger partial charge in [-0.15, -0.1) is 0 Å². The molecule has 1 aromatic heterocycles. The van der Waals surface area contributed by atoms with Gasteiger partial charge in [0, 0.05) is 35.8 Å². The number of nitrogens with two attached hydrogens (primary N) is 2. The molecule has 0 bridgehead atoms. The Labute approximate surface area is 209 Å². The van der Waals surface area contributed by atoms with Crippen LogP contribution in [0.3, 0.4) is 0 Å². The van der Waals surface area contributed by atoms with Crippen molar-refractivity contribution in [3.63, 3.8) is 0 Å². The normalized spacial score (nSPS) is 15.5. The van der Waals surface area contributed by atoms with E-state index in [4.69, 9.17) is 21.3 Å². The van der Waals surface area contributed by atoms with Gasteiger partial charge in [-0.2, -0.15) is 18.2 Å². The van der Waals surface area contributed by atoms with Crippen molar-refractivity contribution < 1.29 is 32.6 Å². The lowest BCUT2D eigenvalue weighted by Crippen LogP contribution is -2.32. The molecule has 2 unspecified atom stereocenters. The van der Waals surface area contributed by atoms with Crippen molar-refractivity contribution in [1.82, 2.24) is 9.97 Å². The van der Waals surface area contributed by atoms with Gasteiger partial charge in [0.25, 0.3) is 0 Å². The molecule has 9 nitrogen and oxygen atoms in total. The molecule has 2 heterocycles. The maximum Gasteiger partial charge on any atom is 0.429 e. The van der Waals surface area contributed by atoms with Gasteiger partial charge in [0.05, 0.1) is 5.69 Å². The summed E-state index contributed by atoms with van der Waals surface area (Å²) in [6.07, 6.45) is -5.89. The van der Waals surface area contributed by atoms with E-state index < -0.39 is 24.3 Å². The minimum absolute atomic E-state index is 0.0712. The van der Waals surface area contributed by atoms with Gasteiger partial charge in [0.15, 0.2) is 0 Å². The summed E-state index contributed by atoms with van der Waals surface area (Å²) in [7, 11) is 0. The van der Waals surface area contributed by atoms with E-state index in [0.29, 0.717) is 36.2 Å². The van der Waals surface area contributed by atoms with Crippen molar-refractivity contribution >= 4 is 23.5 Å². The van der Waals surface area contributed by atoms with E-state index in [-0.39, 0.29) is 35.4 Å². The lowest BCUT2D eigenvalue weighted by Gasteiger charge is -2.23. The summed E-state index contributed by atoms with van der Waals surface area (Å²) in [5, 5.41) is 8.96. The van der Waals surface area contributed by atoms with Crippen molar-refractivity contribution in [2.24, 2.45) is 5.73 Å². The largest absolute Gasteiger partial charge is 0.480 e. The molecule has 5 N–H and O–H groups in total. The van der Waals surface area contributed by atoms with Crippen LogP contribution in [0.4, 0.5) is 24.8 Å². The molecule has 2 atom stereocenters. The maximum atomic E-state index is 14.0. The first-order valence-electron chi connectivity index (χ1n) is 11.4. The fourth-order valence-corrected chi connectivity index (χ4v) is 4.00. The SMILES string of the molecule is Nc1nc(OC(c2ccc(N3CCCC3=O)cc2)C(F)(F)F)cc(-c2ccc(CC(N)C(=O)O)cc2)n1. The van der Waals surface area contributed by atoms with Gasteiger partial charge in [-0.05, 0) is 30.5 Å². The number of aromatic nitrogens is 2. The zero-order chi connectivity index (χ0) is 26.7. The summed E-state index contributed by atoms with van der Waals surface area (Å²) in [6.45, 7) is 0.522. The zero-order valence-corrected chi connectivity index (χ0v) is 19.5. The molecule has 4 rings (SSSR count). The zero-order valence-electron chi connectivity index (χ0n) is 19.5. The van der Waals surface area contributed by atoms with E-state index in [9.17, 15) is 22.8 Å². The number of amides is 1. The molecule has 12 heteroatoms. The predicted octanol–water partition coefficient (Wildman–Crippen LogP) is 3.49. The van der Waals surface area contributed by atoms with Crippen LogP contribution in [-0.2, 0) is 16.0 Å². The van der Waals surface area contributed by atoms with E-state index in [1.165, 1.54) is 35.2 Å². The number of aliphatic carboxylic acids is 1. The van der Waals surface area contributed by atoms with E-state index in [1.54, 1.807) is 24.3 Å². The second kappa shape index (κ2) is 10.4. The molecule has 0 spiro atoms. The molecule has 1 aliphatic rings. The molecular formula is C25H24F3N5O4. The lowest BCUT2D eigenvalue weighted by atomic mass is 10.0. The van der Waals surface area contributed by atoms with Crippen molar-refractivity contribution in [3.05, 3.63) is 65.7 Å². The summed E-state index contributed by atoms with van der Waals surface area (Å²) >= 11 is 0. The number of ether oxygens (including phenoxy) is 1. The highest BCUT2D eigenvalue weighted by atomic mass is 19.4. The molecule has 0 aliphatic carbocycles. The van der Waals surface area contributed by atoms with E-state index >= 15 is 0 Å². The Morgan fingerprint density at radius 1 is 1.11 bits per heavy atom. The van der Waals surface area contributed by atoms with Crippen LogP contribution >= 0.6 is 0 Å². The molecule has 2 aromatic carbocycles. The Morgan fingerprint density at radius 3 is 2.35 bits per heavy atom. The van der Waals surface area contributed by atoms with Crippen LogP contribution in [0.15, 0.2) is 54.6 Å². The molecule has 0 radical (unpaired) electrons. The van der Waals surface area contributed by atoms with Gasteiger partial charge < -0.3 is 26.2 Å². The first-order valence-corrected chi connectivity index (χ1v) is 11.4. The number of carbonyl (C=O) groups excluding carboxylic acids is 1. The standard InChI is InChI=1S/C25H24F3N5O4/c26-25(27,28)22(16-7-9-17(10-8-16)33-11-1-2-21(33)34)37-20-13-19(31-24(30)32-20)15-5-3-14(4-6-15)12-18(29)23(35)36/h3-10,13,18,22H,1-2,11-12,29H2,(H,35,36)(H2,30,31,32). The number of alkyl halides is 3. The molecule has 0 saturated carbocycles. The van der Waals surface area contributed by atoms with Crippen LogP contribution in [0.25, 0.3) is 11.3 Å². The smallest absolute Gasteiger partial charge is 0.429 e. The van der Waals surface area contributed by atoms with Crippen LogP contribution in [0, 0.1) is 0 Å². The minimum atomic E-state index is -4.77. The van der Waals surface area contributed by atoms with Gasteiger partial charge in [0.1, 0.15) is 6.04 Å². The first-order chi connectivity index (χ1) is 17.5. The average Bonchev–Trinajstić information content (AvgIpc) is 3.28. The molecule has 1 saturated heterocycles. The number of hydrogen-bond acceptors (Lipinski definition) is 7. The molecule has 1 fully saturated rings. The van der Waals surface area contributed by atoms with Gasteiger partial charge in [-0.1, -0.05) is 36.4 Å². The number of nitrogens with zero attached hydrogens (tertiary/aromatic N) is 3. The second-order valence-electron chi connectivity index (χ2n) is 8.58. The van der Waals surface area contributed by atoms with Gasteiger partial charge in [-0.3, -0.25) is 9.59 Å². The molecular weight excluding hydrogens is 491 g/mol. The number of halogens is 3. The highest BCUT2D eigenvalue weighted by Crippen LogP contribution is 2.38. The third-order valence-corrected chi connectivity index (χ3v) is 5.86. The Hall–Kier alpha value is -4.19. The Morgan fingerprint density at radius 2 is 1.78 bits per heavy atom. The summed E-state index contributed by atoms with van der Waals surface area (Å²) in [5.41, 5.74) is 13.0. The minimum Gasteiger partial charge on any atom is -0.480 e. The van der Waals surface area contributed by atoms with Crippen LogP contribution < -0.4 is 21.1 Å². The third-order valence-electron chi connectivity index (χ3n) is 5.86. The molecule has 37 heavy (non-hydrogen) atoms. The maximum absolute atomic E-state index is 14.0. The van der Waals surface area contributed by atoms with Crippen molar-refractivity contribution in [2.45, 2.75) is 37.6 Å². The van der Waals surface area contributed by atoms with Crippen LogP contribution in [0.5, 0.6) is 5.88 Å². The van der Waals surface area contributed by atoms with E-state index in [1.807, 2.05) is 0 Å². The molecule has 194 valence electrons. The highest BCUT2D eigenvalue weighted by molar-refractivity contribution is 5.95. The van der Waals surface area contributed by atoms with Gasteiger partial charge in [-0.25, -0.2) is 4.98 Å². The average molecular weight is 515 g/mol. The number of anilines is 2. The third kappa shape index (κ3) is 6.15.